The number of benzene rings is 2. The van der Waals surface area contributed by atoms with Gasteiger partial charge in [0.15, 0.2) is 0 Å². The first kappa shape index (κ1) is 14.7. The van der Waals surface area contributed by atoms with Crippen molar-refractivity contribution in [2.45, 2.75) is 33.2 Å². The third-order valence-electron chi connectivity index (χ3n) is 3.64. The van der Waals surface area contributed by atoms with Crippen molar-refractivity contribution >= 4 is 0 Å². The number of halogens is 1. The van der Waals surface area contributed by atoms with Crippen LogP contribution in [0.4, 0.5) is 4.39 Å². The monoisotopic (exact) mass is 271 g/mol. The third-order valence-corrected chi connectivity index (χ3v) is 3.64. The fourth-order valence-electron chi connectivity index (χ4n) is 2.55. The molecule has 1 N–H and O–H groups in total. The summed E-state index contributed by atoms with van der Waals surface area (Å²) in [5, 5.41) is 3.58. The second-order valence-electron chi connectivity index (χ2n) is 5.24. The highest BCUT2D eigenvalue weighted by Gasteiger charge is 2.17. The van der Waals surface area contributed by atoms with Crippen LogP contribution in [0.15, 0.2) is 42.5 Å². The van der Waals surface area contributed by atoms with Crippen molar-refractivity contribution in [3.63, 3.8) is 0 Å². The van der Waals surface area contributed by atoms with Gasteiger partial charge in [0.2, 0.25) is 0 Å². The number of aryl methyl sites for hydroxylation is 2. The van der Waals surface area contributed by atoms with Gasteiger partial charge in [-0.25, -0.2) is 4.39 Å². The van der Waals surface area contributed by atoms with Gasteiger partial charge in [-0.1, -0.05) is 37.3 Å². The van der Waals surface area contributed by atoms with Gasteiger partial charge in [-0.2, -0.15) is 0 Å². The summed E-state index contributed by atoms with van der Waals surface area (Å²) in [7, 11) is 0. The van der Waals surface area contributed by atoms with E-state index in [-0.39, 0.29) is 11.9 Å². The van der Waals surface area contributed by atoms with Crippen molar-refractivity contribution in [2.24, 2.45) is 0 Å². The van der Waals surface area contributed by atoms with Crippen LogP contribution in [-0.2, 0) is 0 Å². The molecule has 0 saturated heterocycles. The Kier molecular flexibility index (Phi) is 4.91. The van der Waals surface area contributed by atoms with Crippen molar-refractivity contribution in [3.8, 4) is 0 Å². The second kappa shape index (κ2) is 6.67. The zero-order valence-electron chi connectivity index (χ0n) is 12.4. The molecule has 106 valence electrons. The van der Waals surface area contributed by atoms with E-state index in [1.807, 2.05) is 19.1 Å². The Balaban J connectivity index is 2.44. The van der Waals surface area contributed by atoms with Crippen molar-refractivity contribution in [3.05, 3.63) is 70.5 Å². The molecule has 0 amide bonds. The molecule has 1 atom stereocenters. The molecule has 2 aromatic carbocycles. The molecular weight excluding hydrogens is 249 g/mol. The van der Waals surface area contributed by atoms with E-state index in [1.165, 1.54) is 11.1 Å². The molecule has 0 aromatic heterocycles. The predicted octanol–water partition coefficient (Wildman–Crippen LogP) is 4.53. The maximum atomic E-state index is 13.3. The van der Waals surface area contributed by atoms with E-state index in [0.29, 0.717) is 0 Å². The Morgan fingerprint density at radius 2 is 1.70 bits per heavy atom. The quantitative estimate of drug-likeness (QED) is 0.842. The molecule has 2 heteroatoms. The van der Waals surface area contributed by atoms with Gasteiger partial charge < -0.3 is 5.32 Å². The Hall–Kier alpha value is -1.67. The molecule has 0 aliphatic carbocycles. The molecule has 1 unspecified atom stereocenters. The number of hydrogen-bond acceptors (Lipinski definition) is 1. The molecule has 1 nitrogen and oxygen atoms in total. The first-order valence-corrected chi connectivity index (χ1v) is 7.18. The standard InChI is InChI=1S/C18H22FN/c1-4-11-20-18(16-8-6-5-7-13(16)2)17-10-9-15(19)12-14(17)3/h5-10,12,18,20H,4,11H2,1-3H3. The molecule has 0 aliphatic rings. The van der Waals surface area contributed by atoms with Crippen LogP contribution >= 0.6 is 0 Å². The Morgan fingerprint density at radius 3 is 2.35 bits per heavy atom. The van der Waals surface area contributed by atoms with Gasteiger partial charge in [0, 0.05) is 0 Å². The van der Waals surface area contributed by atoms with Gasteiger partial charge in [0.1, 0.15) is 5.82 Å². The lowest BCUT2D eigenvalue weighted by Crippen LogP contribution is -2.24. The summed E-state index contributed by atoms with van der Waals surface area (Å²) in [5.41, 5.74) is 4.65. The largest absolute Gasteiger partial charge is 0.306 e. The van der Waals surface area contributed by atoms with Crippen LogP contribution in [0.25, 0.3) is 0 Å². The molecule has 0 fully saturated rings. The van der Waals surface area contributed by atoms with E-state index in [4.69, 9.17) is 0 Å². The summed E-state index contributed by atoms with van der Waals surface area (Å²) in [6.07, 6.45) is 1.07. The van der Waals surface area contributed by atoms with Crippen LogP contribution in [0.1, 0.15) is 41.6 Å². The molecule has 0 spiro atoms. The first-order valence-electron chi connectivity index (χ1n) is 7.18. The first-order chi connectivity index (χ1) is 9.63. The zero-order chi connectivity index (χ0) is 14.5. The predicted molar refractivity (Wildman–Crippen MR) is 82.5 cm³/mol. The van der Waals surface area contributed by atoms with Crippen LogP contribution < -0.4 is 5.32 Å². The molecule has 0 bridgehead atoms. The van der Waals surface area contributed by atoms with E-state index in [9.17, 15) is 4.39 Å². The molecular formula is C18H22FN. The Labute approximate surface area is 120 Å². The molecule has 2 rings (SSSR count). The highest BCUT2D eigenvalue weighted by Crippen LogP contribution is 2.27. The minimum absolute atomic E-state index is 0.122. The van der Waals surface area contributed by atoms with E-state index >= 15 is 0 Å². The Morgan fingerprint density at radius 1 is 1.00 bits per heavy atom. The summed E-state index contributed by atoms with van der Waals surface area (Å²) in [6.45, 7) is 7.18. The van der Waals surface area contributed by atoms with Crippen LogP contribution in [0.3, 0.4) is 0 Å². The molecule has 0 heterocycles. The highest BCUT2D eigenvalue weighted by molar-refractivity contribution is 5.40. The average Bonchev–Trinajstić information content (AvgIpc) is 2.42. The van der Waals surface area contributed by atoms with E-state index in [1.54, 1.807) is 12.1 Å². The van der Waals surface area contributed by atoms with Gasteiger partial charge in [-0.3, -0.25) is 0 Å². The number of nitrogens with one attached hydrogen (secondary N) is 1. The minimum atomic E-state index is -0.176. The summed E-state index contributed by atoms with van der Waals surface area (Å²) >= 11 is 0. The average molecular weight is 271 g/mol. The van der Waals surface area contributed by atoms with E-state index in [0.717, 1.165) is 24.1 Å². The van der Waals surface area contributed by atoms with Crippen LogP contribution in [0.2, 0.25) is 0 Å². The normalized spacial score (nSPS) is 12.4. The summed E-state index contributed by atoms with van der Waals surface area (Å²) in [6, 6.07) is 13.5. The summed E-state index contributed by atoms with van der Waals surface area (Å²) in [5.74, 6) is -0.176. The topological polar surface area (TPSA) is 12.0 Å². The number of hydrogen-bond donors (Lipinski definition) is 1. The summed E-state index contributed by atoms with van der Waals surface area (Å²) in [4.78, 5) is 0. The highest BCUT2D eigenvalue weighted by atomic mass is 19.1. The molecule has 0 radical (unpaired) electrons. The second-order valence-corrected chi connectivity index (χ2v) is 5.24. The van der Waals surface area contributed by atoms with Crippen molar-refractivity contribution in [1.82, 2.24) is 5.32 Å². The van der Waals surface area contributed by atoms with Crippen LogP contribution in [0, 0.1) is 19.7 Å². The number of rotatable bonds is 5. The molecule has 0 aliphatic heterocycles. The van der Waals surface area contributed by atoms with Crippen LogP contribution in [0.5, 0.6) is 0 Å². The molecule has 0 saturated carbocycles. The lowest BCUT2D eigenvalue weighted by molar-refractivity contribution is 0.588. The molecule has 20 heavy (non-hydrogen) atoms. The maximum Gasteiger partial charge on any atom is 0.123 e. The van der Waals surface area contributed by atoms with Crippen molar-refractivity contribution in [1.29, 1.82) is 0 Å². The SMILES string of the molecule is CCCNC(c1ccccc1C)c1ccc(F)cc1C. The lowest BCUT2D eigenvalue weighted by atomic mass is 9.92. The Bertz CT molecular complexity index is 577. The summed E-state index contributed by atoms with van der Waals surface area (Å²) < 4.78 is 13.3. The van der Waals surface area contributed by atoms with Gasteiger partial charge in [-0.15, -0.1) is 0 Å². The van der Waals surface area contributed by atoms with Gasteiger partial charge >= 0.3 is 0 Å². The van der Waals surface area contributed by atoms with Crippen LogP contribution in [-0.4, -0.2) is 6.54 Å². The third kappa shape index (κ3) is 3.26. The molecule has 2 aromatic rings. The minimum Gasteiger partial charge on any atom is -0.306 e. The van der Waals surface area contributed by atoms with Gasteiger partial charge in [0.05, 0.1) is 6.04 Å². The fourth-order valence-corrected chi connectivity index (χ4v) is 2.55. The van der Waals surface area contributed by atoms with Gasteiger partial charge in [0.25, 0.3) is 0 Å². The van der Waals surface area contributed by atoms with Crippen molar-refractivity contribution < 1.29 is 4.39 Å². The smallest absolute Gasteiger partial charge is 0.123 e. The van der Waals surface area contributed by atoms with Gasteiger partial charge in [-0.05, 0) is 61.2 Å². The lowest BCUT2D eigenvalue weighted by Gasteiger charge is -2.23. The maximum absolute atomic E-state index is 13.3. The van der Waals surface area contributed by atoms with E-state index < -0.39 is 0 Å². The zero-order valence-corrected chi connectivity index (χ0v) is 12.4. The fraction of sp³-hybridized carbons (Fsp3) is 0.333. The van der Waals surface area contributed by atoms with Crippen molar-refractivity contribution in [2.75, 3.05) is 6.54 Å². The van der Waals surface area contributed by atoms with E-state index in [2.05, 4.69) is 37.4 Å².